The fraction of sp³-hybridized carbons (Fsp3) is 0.118. The van der Waals surface area contributed by atoms with Crippen LogP contribution in [0, 0.1) is 25.1 Å². The van der Waals surface area contributed by atoms with Gasteiger partial charge in [0.1, 0.15) is 22.2 Å². The van der Waals surface area contributed by atoms with Gasteiger partial charge in [-0.3, -0.25) is 9.89 Å². The number of H-pyrrole nitrogens is 1. The lowest BCUT2D eigenvalue weighted by Gasteiger charge is -2.01. The van der Waals surface area contributed by atoms with Crippen LogP contribution in [0.1, 0.15) is 16.2 Å². The molecule has 0 unspecified atom stereocenters. The number of benzene rings is 1. The van der Waals surface area contributed by atoms with Crippen molar-refractivity contribution in [3.05, 3.63) is 46.9 Å². The van der Waals surface area contributed by atoms with Gasteiger partial charge in [-0.15, -0.1) is 17.8 Å². The van der Waals surface area contributed by atoms with Crippen LogP contribution in [0.5, 0.6) is 0 Å². The van der Waals surface area contributed by atoms with Gasteiger partial charge in [0.2, 0.25) is 0 Å². The first-order chi connectivity index (χ1) is 11.6. The number of carbonyl (C=O) groups is 1. The van der Waals surface area contributed by atoms with Gasteiger partial charge in [-0.25, -0.2) is 9.37 Å². The molecule has 1 aromatic carbocycles. The summed E-state index contributed by atoms with van der Waals surface area (Å²) in [7, 11) is 0. The quantitative estimate of drug-likeness (QED) is 0.717. The molecule has 3 rings (SSSR count). The third kappa shape index (κ3) is 3.05. The van der Waals surface area contributed by atoms with Crippen molar-refractivity contribution in [2.45, 2.75) is 6.92 Å². The molecule has 3 aromatic rings. The van der Waals surface area contributed by atoms with Gasteiger partial charge in [-0.05, 0) is 31.2 Å². The third-order valence-corrected chi connectivity index (χ3v) is 4.23. The number of carbonyl (C=O) groups excluding carboxylic acids is 1. The molecule has 0 atom stereocenters. The molecule has 0 spiro atoms. The Morgan fingerprint density at radius 1 is 1.42 bits per heavy atom. The van der Waals surface area contributed by atoms with E-state index in [0.29, 0.717) is 16.4 Å². The minimum atomic E-state index is -0.320. The number of aryl methyl sites for hydroxylation is 1. The molecule has 1 amide bonds. The van der Waals surface area contributed by atoms with Gasteiger partial charge in [0.25, 0.3) is 5.91 Å². The fourth-order valence-electron chi connectivity index (χ4n) is 2.22. The number of aromatic amines is 1. The summed E-state index contributed by atoms with van der Waals surface area (Å²) in [4.78, 5) is 16.3. The van der Waals surface area contributed by atoms with Crippen LogP contribution < -0.4 is 5.32 Å². The Morgan fingerprint density at radius 2 is 2.17 bits per heavy atom. The van der Waals surface area contributed by atoms with E-state index >= 15 is 0 Å². The number of nitrogens with one attached hydrogen (secondary N) is 2. The maximum Gasteiger partial charge on any atom is 0.271 e. The highest BCUT2D eigenvalue weighted by molar-refractivity contribution is 7.13. The summed E-state index contributed by atoms with van der Waals surface area (Å²) >= 11 is 1.34. The molecule has 0 aliphatic carbocycles. The van der Waals surface area contributed by atoms with Crippen molar-refractivity contribution >= 4 is 17.2 Å². The van der Waals surface area contributed by atoms with E-state index in [1.54, 1.807) is 17.5 Å². The summed E-state index contributed by atoms with van der Waals surface area (Å²) in [5.74, 6) is 1.71. The number of hydrogen-bond acceptors (Lipinski definition) is 4. The van der Waals surface area contributed by atoms with Crippen molar-refractivity contribution in [2.24, 2.45) is 0 Å². The summed E-state index contributed by atoms with van der Waals surface area (Å²) < 4.78 is 13.1. The van der Waals surface area contributed by atoms with Crippen LogP contribution >= 0.6 is 11.3 Å². The van der Waals surface area contributed by atoms with E-state index < -0.39 is 0 Å². The first-order valence-electron chi connectivity index (χ1n) is 7.08. The molecule has 2 N–H and O–H groups in total. The van der Waals surface area contributed by atoms with Crippen LogP contribution in [-0.4, -0.2) is 27.6 Å². The Balaban J connectivity index is 1.97. The first-order valence-corrected chi connectivity index (χ1v) is 7.96. The summed E-state index contributed by atoms with van der Waals surface area (Å²) in [6, 6.07) is 6.07. The van der Waals surface area contributed by atoms with Crippen molar-refractivity contribution < 1.29 is 9.18 Å². The van der Waals surface area contributed by atoms with Gasteiger partial charge in [0.15, 0.2) is 0 Å². The van der Waals surface area contributed by atoms with E-state index in [1.807, 2.05) is 6.92 Å². The molecule has 0 bridgehead atoms. The zero-order chi connectivity index (χ0) is 17.1. The van der Waals surface area contributed by atoms with Crippen molar-refractivity contribution in [1.82, 2.24) is 20.5 Å². The zero-order valence-corrected chi connectivity index (χ0v) is 13.6. The van der Waals surface area contributed by atoms with Crippen LogP contribution in [0.25, 0.3) is 21.8 Å². The molecule has 5 nitrogen and oxygen atoms in total. The second-order valence-corrected chi connectivity index (χ2v) is 5.86. The molecule has 0 fully saturated rings. The summed E-state index contributed by atoms with van der Waals surface area (Å²) in [6.45, 7) is 2.02. The molecule has 0 radical (unpaired) electrons. The molecule has 120 valence electrons. The molecule has 0 saturated carbocycles. The maximum atomic E-state index is 13.1. The second-order valence-electron chi connectivity index (χ2n) is 5.00. The van der Waals surface area contributed by atoms with Crippen LogP contribution in [0.15, 0.2) is 29.6 Å². The molecular weight excluding hydrogens is 327 g/mol. The average Bonchev–Trinajstić information content (AvgIpc) is 3.20. The SMILES string of the molecule is C#CCNC(=O)c1csc(-c2c(-c3ccc(F)cc3)n[nH]c2C)n1. The Bertz CT molecular complexity index is 921. The van der Waals surface area contributed by atoms with Crippen LogP contribution in [0.4, 0.5) is 4.39 Å². The number of aromatic nitrogens is 3. The molecule has 0 aliphatic rings. The van der Waals surface area contributed by atoms with E-state index in [2.05, 4.69) is 26.4 Å². The summed E-state index contributed by atoms with van der Waals surface area (Å²) in [5, 5.41) is 12.1. The fourth-order valence-corrected chi connectivity index (χ4v) is 3.12. The van der Waals surface area contributed by atoms with E-state index in [-0.39, 0.29) is 18.3 Å². The second kappa shape index (κ2) is 6.64. The minimum Gasteiger partial charge on any atom is -0.340 e. The predicted octanol–water partition coefficient (Wildman–Crippen LogP) is 3.01. The van der Waals surface area contributed by atoms with Crippen molar-refractivity contribution in [2.75, 3.05) is 6.54 Å². The Labute approximate surface area is 142 Å². The topological polar surface area (TPSA) is 70.7 Å². The van der Waals surface area contributed by atoms with Gasteiger partial charge in [0, 0.05) is 16.6 Å². The molecule has 2 heterocycles. The number of hydrogen-bond donors (Lipinski definition) is 2. The maximum absolute atomic E-state index is 13.1. The van der Waals surface area contributed by atoms with Crippen molar-refractivity contribution in [1.29, 1.82) is 0 Å². The Kier molecular flexibility index (Phi) is 4.40. The highest BCUT2D eigenvalue weighted by Crippen LogP contribution is 2.34. The number of nitrogens with zero attached hydrogens (tertiary/aromatic N) is 2. The number of amides is 1. The summed E-state index contributed by atoms with van der Waals surface area (Å²) in [6.07, 6.45) is 5.13. The smallest absolute Gasteiger partial charge is 0.271 e. The third-order valence-electron chi connectivity index (χ3n) is 3.37. The molecule has 0 saturated heterocycles. The number of terminal acetylenes is 1. The van der Waals surface area contributed by atoms with Crippen LogP contribution in [0.3, 0.4) is 0 Å². The highest BCUT2D eigenvalue weighted by Gasteiger charge is 2.19. The van der Waals surface area contributed by atoms with E-state index in [9.17, 15) is 9.18 Å². The molecule has 24 heavy (non-hydrogen) atoms. The average molecular weight is 340 g/mol. The summed E-state index contributed by atoms with van der Waals surface area (Å²) in [5.41, 5.74) is 3.35. The Morgan fingerprint density at radius 3 is 2.88 bits per heavy atom. The highest BCUT2D eigenvalue weighted by atomic mass is 32.1. The van der Waals surface area contributed by atoms with E-state index in [4.69, 9.17) is 6.42 Å². The lowest BCUT2D eigenvalue weighted by atomic mass is 10.1. The number of rotatable bonds is 4. The monoisotopic (exact) mass is 340 g/mol. The van der Waals surface area contributed by atoms with Gasteiger partial charge < -0.3 is 5.32 Å². The van der Waals surface area contributed by atoms with E-state index in [1.165, 1.54) is 23.5 Å². The van der Waals surface area contributed by atoms with Crippen LogP contribution in [-0.2, 0) is 0 Å². The number of thiazole rings is 1. The van der Waals surface area contributed by atoms with Gasteiger partial charge in [-0.1, -0.05) is 5.92 Å². The molecule has 7 heteroatoms. The van der Waals surface area contributed by atoms with E-state index in [0.717, 1.165) is 16.8 Å². The molecule has 2 aromatic heterocycles. The normalized spacial score (nSPS) is 10.4. The van der Waals surface area contributed by atoms with Crippen molar-refractivity contribution in [3.63, 3.8) is 0 Å². The lowest BCUT2D eigenvalue weighted by molar-refractivity contribution is 0.0954. The largest absolute Gasteiger partial charge is 0.340 e. The standard InChI is InChI=1S/C17H13FN4OS/c1-3-8-19-16(23)13-9-24-17(20-13)14-10(2)21-22-15(14)11-4-6-12(18)7-5-11/h1,4-7,9H,8H2,2H3,(H,19,23)(H,21,22). The number of halogens is 1. The minimum absolute atomic E-state index is 0.150. The van der Waals surface area contributed by atoms with Crippen LogP contribution in [0.2, 0.25) is 0 Å². The van der Waals surface area contributed by atoms with Crippen molar-refractivity contribution in [3.8, 4) is 34.2 Å². The Hall–Kier alpha value is -2.98. The van der Waals surface area contributed by atoms with Gasteiger partial charge in [-0.2, -0.15) is 5.10 Å². The van der Waals surface area contributed by atoms with Gasteiger partial charge >= 0.3 is 0 Å². The molecule has 0 aliphatic heterocycles. The van der Waals surface area contributed by atoms with Gasteiger partial charge in [0.05, 0.1) is 12.1 Å². The predicted molar refractivity (Wildman–Crippen MR) is 91.0 cm³/mol. The lowest BCUT2D eigenvalue weighted by Crippen LogP contribution is -2.23. The zero-order valence-electron chi connectivity index (χ0n) is 12.8. The first kappa shape index (κ1) is 15.9. The molecular formula is C17H13FN4OS.